The number of benzene rings is 1. The first-order valence-corrected chi connectivity index (χ1v) is 15.6. The van der Waals surface area contributed by atoms with Crippen molar-refractivity contribution in [3.05, 3.63) is 49.6 Å². The maximum absolute atomic E-state index is 14.6. The molecule has 1 aromatic heterocycles. The normalized spacial score (nSPS) is 26.4. The minimum atomic E-state index is -1.27. The van der Waals surface area contributed by atoms with Crippen LogP contribution in [-0.4, -0.2) is 103 Å². The SMILES string of the molecule is C=CCCC(=O)NC[C@H](C)OC(=O)[C@@H]1[C@H]2C(=O)N([C@@H](CC)CO)[C@H](C(=O)N(CC=C)Cn3nnc4ccccc43)[C@]23CC[C@H]1O3. The predicted octanol–water partition coefficient (Wildman–Crippen LogP) is 1.56. The molecule has 45 heavy (non-hydrogen) atoms. The van der Waals surface area contributed by atoms with Gasteiger partial charge in [0.15, 0.2) is 0 Å². The summed E-state index contributed by atoms with van der Waals surface area (Å²) in [5.74, 6) is -3.45. The van der Waals surface area contributed by atoms with Crippen LogP contribution in [0.4, 0.5) is 0 Å². The number of aromatic nitrogens is 3. The van der Waals surface area contributed by atoms with Crippen LogP contribution in [0.15, 0.2) is 49.6 Å². The van der Waals surface area contributed by atoms with Gasteiger partial charge in [0.1, 0.15) is 29.9 Å². The Morgan fingerprint density at radius 3 is 2.78 bits per heavy atom. The van der Waals surface area contributed by atoms with E-state index < -0.39 is 53.6 Å². The Bertz CT molecular complexity index is 1460. The molecule has 4 heterocycles. The minimum Gasteiger partial charge on any atom is -0.460 e. The maximum atomic E-state index is 14.6. The summed E-state index contributed by atoms with van der Waals surface area (Å²) in [6.45, 7) is 10.9. The number of aliphatic hydroxyl groups is 1. The van der Waals surface area contributed by atoms with E-state index >= 15 is 0 Å². The molecule has 3 amide bonds. The summed E-state index contributed by atoms with van der Waals surface area (Å²) in [6.07, 6.45) is 4.09. The molecule has 0 saturated carbocycles. The lowest BCUT2D eigenvalue weighted by atomic mass is 9.70. The minimum absolute atomic E-state index is 0.0471. The molecule has 3 fully saturated rings. The van der Waals surface area contributed by atoms with E-state index in [4.69, 9.17) is 9.47 Å². The van der Waals surface area contributed by atoms with Gasteiger partial charge in [-0.1, -0.05) is 36.4 Å². The smallest absolute Gasteiger partial charge is 0.312 e. The van der Waals surface area contributed by atoms with Crippen molar-refractivity contribution in [1.82, 2.24) is 30.1 Å². The van der Waals surface area contributed by atoms with Gasteiger partial charge in [0.05, 0.1) is 42.6 Å². The molecule has 1 spiro atoms. The number of aliphatic hydroxyl groups excluding tert-OH is 1. The summed E-state index contributed by atoms with van der Waals surface area (Å²) in [5, 5.41) is 21.5. The molecule has 2 aromatic rings. The van der Waals surface area contributed by atoms with E-state index in [9.17, 15) is 24.3 Å². The van der Waals surface area contributed by atoms with Crippen LogP contribution < -0.4 is 5.32 Å². The fourth-order valence-corrected chi connectivity index (χ4v) is 7.07. The summed E-state index contributed by atoms with van der Waals surface area (Å²) >= 11 is 0. The summed E-state index contributed by atoms with van der Waals surface area (Å²) in [6, 6.07) is 5.66. The van der Waals surface area contributed by atoms with Crippen LogP contribution in [0.2, 0.25) is 0 Å². The Morgan fingerprint density at radius 1 is 1.29 bits per heavy atom. The third-order valence-electron chi connectivity index (χ3n) is 9.19. The number of amides is 3. The van der Waals surface area contributed by atoms with Crippen LogP contribution in [0.1, 0.15) is 46.0 Å². The second-order valence-corrected chi connectivity index (χ2v) is 12.0. The number of allylic oxidation sites excluding steroid dienone is 1. The van der Waals surface area contributed by atoms with Crippen LogP contribution in [0, 0.1) is 11.8 Å². The van der Waals surface area contributed by atoms with Gasteiger partial charge in [-0.3, -0.25) is 19.2 Å². The molecule has 13 heteroatoms. The van der Waals surface area contributed by atoms with Crippen molar-refractivity contribution in [2.75, 3.05) is 19.7 Å². The summed E-state index contributed by atoms with van der Waals surface area (Å²) in [5.41, 5.74) is 0.149. The van der Waals surface area contributed by atoms with E-state index in [-0.39, 0.29) is 44.6 Å². The molecule has 3 aliphatic rings. The molecule has 2 bridgehead atoms. The van der Waals surface area contributed by atoms with E-state index in [1.807, 2.05) is 31.2 Å². The van der Waals surface area contributed by atoms with Crippen LogP contribution in [-0.2, 0) is 35.3 Å². The second kappa shape index (κ2) is 13.5. The zero-order valence-corrected chi connectivity index (χ0v) is 25.8. The molecule has 7 atom stereocenters. The Balaban J connectivity index is 1.42. The topological polar surface area (TPSA) is 156 Å². The first-order valence-electron chi connectivity index (χ1n) is 15.6. The Kier molecular flexibility index (Phi) is 9.68. The van der Waals surface area contributed by atoms with Crippen LogP contribution in [0.25, 0.3) is 11.0 Å². The Hall–Kier alpha value is -4.10. The highest BCUT2D eigenvalue weighted by molar-refractivity contribution is 5.98. The van der Waals surface area contributed by atoms with Crippen molar-refractivity contribution in [3.63, 3.8) is 0 Å². The van der Waals surface area contributed by atoms with Gasteiger partial charge in [0.25, 0.3) is 0 Å². The van der Waals surface area contributed by atoms with E-state index in [2.05, 4.69) is 28.8 Å². The lowest BCUT2D eigenvalue weighted by Crippen LogP contribution is -2.58. The Morgan fingerprint density at radius 2 is 2.07 bits per heavy atom. The molecule has 2 N–H and O–H groups in total. The molecule has 3 aliphatic heterocycles. The van der Waals surface area contributed by atoms with Gasteiger partial charge in [-0.05, 0) is 44.7 Å². The standard InChI is InChI=1S/C32H42N6O7/c1-5-8-13-25(40)33-17-20(4)44-31(43)26-24-14-15-32(45-24)27(26)29(41)38(21(7-3)18-39)28(32)30(42)36(16-6-2)19-37-23-12-10-9-11-22(23)34-35-37/h5-6,9-12,20-21,24,26-28,39H,1-2,7-8,13-19H2,3-4H3,(H,33,40)/t20-,21-,24+,26-,27-,28+,32-/m0/s1. The number of para-hydroxylation sites is 1. The number of nitrogens with zero attached hydrogens (tertiary/aromatic N) is 5. The van der Waals surface area contributed by atoms with Crippen LogP contribution in [0.3, 0.4) is 0 Å². The van der Waals surface area contributed by atoms with Crippen molar-refractivity contribution < 1.29 is 33.8 Å². The predicted molar refractivity (Wildman–Crippen MR) is 163 cm³/mol. The molecule has 5 rings (SSSR count). The lowest BCUT2D eigenvalue weighted by Gasteiger charge is -2.39. The van der Waals surface area contributed by atoms with Crippen molar-refractivity contribution in [2.45, 2.75) is 82.5 Å². The number of carbonyl (C=O) groups excluding carboxylic acids is 4. The fourth-order valence-electron chi connectivity index (χ4n) is 7.07. The third kappa shape index (κ3) is 5.86. The molecule has 1 aromatic carbocycles. The van der Waals surface area contributed by atoms with Crippen molar-refractivity contribution in [1.29, 1.82) is 0 Å². The molecule has 242 valence electrons. The molecule has 0 aliphatic carbocycles. The molecule has 0 unspecified atom stereocenters. The molecule has 0 radical (unpaired) electrons. The number of esters is 1. The number of rotatable bonds is 15. The van der Waals surface area contributed by atoms with Crippen LogP contribution >= 0.6 is 0 Å². The molecule has 13 nitrogen and oxygen atoms in total. The van der Waals surface area contributed by atoms with Gasteiger partial charge in [0, 0.05) is 13.0 Å². The number of fused-ring (bicyclic) bond motifs is 2. The Labute approximate surface area is 262 Å². The first-order chi connectivity index (χ1) is 21.7. The summed E-state index contributed by atoms with van der Waals surface area (Å²) in [7, 11) is 0. The number of nitrogens with one attached hydrogen (secondary N) is 1. The van der Waals surface area contributed by atoms with Crippen molar-refractivity contribution in [3.8, 4) is 0 Å². The summed E-state index contributed by atoms with van der Waals surface area (Å²) < 4.78 is 13.9. The first kappa shape index (κ1) is 32.3. The molecule has 3 saturated heterocycles. The highest BCUT2D eigenvalue weighted by Crippen LogP contribution is 2.59. The lowest BCUT2D eigenvalue weighted by molar-refractivity contribution is -0.160. The van der Waals surface area contributed by atoms with E-state index in [0.29, 0.717) is 31.2 Å². The highest BCUT2D eigenvalue weighted by atomic mass is 16.6. The van der Waals surface area contributed by atoms with Gasteiger partial charge in [-0.15, -0.1) is 18.3 Å². The average molecular weight is 623 g/mol. The van der Waals surface area contributed by atoms with E-state index in [0.717, 1.165) is 5.52 Å². The van der Waals surface area contributed by atoms with Crippen molar-refractivity contribution in [2.24, 2.45) is 11.8 Å². The highest BCUT2D eigenvalue weighted by Gasteiger charge is 2.75. The van der Waals surface area contributed by atoms with Gasteiger partial charge in [-0.25, -0.2) is 4.68 Å². The van der Waals surface area contributed by atoms with Gasteiger partial charge in [-0.2, -0.15) is 0 Å². The van der Waals surface area contributed by atoms with Gasteiger partial charge >= 0.3 is 5.97 Å². The number of likely N-dealkylation sites (tertiary alicyclic amines) is 1. The number of ether oxygens (including phenoxy) is 2. The van der Waals surface area contributed by atoms with Crippen LogP contribution in [0.5, 0.6) is 0 Å². The maximum Gasteiger partial charge on any atom is 0.312 e. The largest absolute Gasteiger partial charge is 0.460 e. The molecular weight excluding hydrogens is 580 g/mol. The third-order valence-corrected chi connectivity index (χ3v) is 9.19. The molecular formula is C32H42N6O7. The van der Waals surface area contributed by atoms with E-state index in [1.165, 1.54) is 4.90 Å². The zero-order chi connectivity index (χ0) is 32.3. The number of carbonyl (C=O) groups is 4. The van der Waals surface area contributed by atoms with E-state index in [1.54, 1.807) is 28.7 Å². The number of hydrogen-bond acceptors (Lipinski definition) is 9. The quantitative estimate of drug-likeness (QED) is 0.222. The fraction of sp³-hybridized carbons (Fsp3) is 0.562. The monoisotopic (exact) mass is 622 g/mol. The number of hydrogen-bond donors (Lipinski definition) is 2. The van der Waals surface area contributed by atoms with Crippen molar-refractivity contribution >= 4 is 34.7 Å². The second-order valence-electron chi connectivity index (χ2n) is 12.0. The summed E-state index contributed by atoms with van der Waals surface area (Å²) in [4.78, 5) is 57.5. The zero-order valence-electron chi connectivity index (χ0n) is 25.8. The average Bonchev–Trinajstić information content (AvgIpc) is 3.79. The van der Waals surface area contributed by atoms with Gasteiger partial charge in [0.2, 0.25) is 17.7 Å². The van der Waals surface area contributed by atoms with Gasteiger partial charge < -0.3 is 29.7 Å².